The topological polar surface area (TPSA) is 90.2 Å². The molecule has 7 nitrogen and oxygen atoms in total. The van der Waals surface area contributed by atoms with Crippen LogP contribution in [0.5, 0.6) is 0 Å². The van der Waals surface area contributed by atoms with Crippen LogP contribution in [0.4, 0.5) is 0 Å². The molecule has 0 bridgehead atoms. The summed E-state index contributed by atoms with van der Waals surface area (Å²) in [6.45, 7) is 3.26. The second kappa shape index (κ2) is 8.39. The van der Waals surface area contributed by atoms with Gasteiger partial charge in [-0.15, -0.1) is 0 Å². The molecule has 1 aromatic heterocycles. The third-order valence-corrected chi connectivity index (χ3v) is 5.39. The van der Waals surface area contributed by atoms with Gasteiger partial charge in [-0.2, -0.15) is 5.26 Å². The summed E-state index contributed by atoms with van der Waals surface area (Å²) in [4.78, 5) is 38.1. The highest BCUT2D eigenvalue weighted by molar-refractivity contribution is 6.01. The Labute approximate surface area is 174 Å². The fraction of sp³-hybridized carbons (Fsp3) is 0.261. The van der Waals surface area contributed by atoms with Crippen molar-refractivity contribution in [2.75, 3.05) is 19.6 Å². The summed E-state index contributed by atoms with van der Waals surface area (Å²) >= 11 is 0. The van der Waals surface area contributed by atoms with Gasteiger partial charge >= 0.3 is 0 Å². The molecule has 0 spiro atoms. The number of benzene rings is 2. The van der Waals surface area contributed by atoms with Gasteiger partial charge in [0.25, 0.3) is 5.91 Å². The lowest BCUT2D eigenvalue weighted by molar-refractivity contribution is 0.0428. The first-order chi connectivity index (χ1) is 14.6. The highest BCUT2D eigenvalue weighted by Gasteiger charge is 2.36. The number of carbonyl (C=O) groups is 2. The summed E-state index contributed by atoms with van der Waals surface area (Å²) in [5.41, 5.74) is 2.13. The molecular weight excluding hydrogens is 378 g/mol. The quantitative estimate of drug-likeness (QED) is 0.627. The number of piperazine rings is 1. The number of hydrogen-bond acceptors (Lipinski definition) is 6. The van der Waals surface area contributed by atoms with Gasteiger partial charge in [0.15, 0.2) is 6.04 Å². The van der Waals surface area contributed by atoms with Crippen molar-refractivity contribution in [1.82, 2.24) is 19.8 Å². The Morgan fingerprint density at radius 3 is 2.47 bits per heavy atom. The molecule has 0 radical (unpaired) electrons. The van der Waals surface area contributed by atoms with Gasteiger partial charge in [0.2, 0.25) is 5.78 Å². The van der Waals surface area contributed by atoms with Crippen LogP contribution in [0.2, 0.25) is 0 Å². The molecule has 2 aromatic carbocycles. The molecule has 7 heteroatoms. The number of rotatable bonds is 4. The molecule has 2 atom stereocenters. The summed E-state index contributed by atoms with van der Waals surface area (Å²) in [6, 6.07) is 17.4. The van der Waals surface area contributed by atoms with Crippen molar-refractivity contribution in [3.8, 4) is 6.07 Å². The van der Waals surface area contributed by atoms with E-state index in [0.717, 1.165) is 0 Å². The van der Waals surface area contributed by atoms with Crippen LogP contribution >= 0.6 is 0 Å². The number of para-hydroxylation sites is 2. The Morgan fingerprint density at radius 1 is 1.07 bits per heavy atom. The summed E-state index contributed by atoms with van der Waals surface area (Å²) in [7, 11) is 0. The predicted octanol–water partition coefficient (Wildman–Crippen LogP) is 2.55. The number of amides is 1. The number of carbonyl (C=O) groups excluding carboxylic acids is 2. The van der Waals surface area contributed by atoms with Gasteiger partial charge in [-0.1, -0.05) is 30.3 Å². The SMILES string of the molecule is C[C@@H]1CN(C(=O)c2ccccc2)CCN1C(C#N)C(=O)c1cnc2ccccc2n1. The maximum atomic E-state index is 13.1. The Morgan fingerprint density at radius 2 is 1.77 bits per heavy atom. The van der Waals surface area contributed by atoms with Crippen molar-refractivity contribution in [2.24, 2.45) is 0 Å². The van der Waals surface area contributed by atoms with E-state index in [9.17, 15) is 14.9 Å². The lowest BCUT2D eigenvalue weighted by Crippen LogP contribution is -2.58. The van der Waals surface area contributed by atoms with E-state index in [1.807, 2.05) is 48.2 Å². The van der Waals surface area contributed by atoms with Gasteiger partial charge in [0.1, 0.15) is 5.69 Å². The minimum atomic E-state index is -0.968. The maximum Gasteiger partial charge on any atom is 0.253 e. The van der Waals surface area contributed by atoms with Crippen molar-refractivity contribution in [2.45, 2.75) is 19.0 Å². The molecule has 2 heterocycles. The van der Waals surface area contributed by atoms with Crippen molar-refractivity contribution >= 4 is 22.7 Å². The van der Waals surface area contributed by atoms with Crippen LogP contribution in [0.25, 0.3) is 11.0 Å². The Kier molecular flexibility index (Phi) is 5.50. The molecular formula is C23H21N5O2. The molecule has 0 aliphatic carbocycles. The number of nitriles is 1. The summed E-state index contributed by atoms with van der Waals surface area (Å²) in [6.07, 6.45) is 1.43. The molecule has 1 amide bonds. The van der Waals surface area contributed by atoms with Crippen LogP contribution in [0.15, 0.2) is 60.8 Å². The van der Waals surface area contributed by atoms with Crippen LogP contribution in [0.1, 0.15) is 27.8 Å². The summed E-state index contributed by atoms with van der Waals surface area (Å²) < 4.78 is 0. The Hall–Kier alpha value is -3.63. The molecule has 150 valence electrons. The second-order valence-corrected chi connectivity index (χ2v) is 7.34. The van der Waals surface area contributed by atoms with Gasteiger partial charge in [-0.25, -0.2) is 4.98 Å². The van der Waals surface area contributed by atoms with Crippen molar-refractivity contribution in [3.05, 3.63) is 72.1 Å². The molecule has 3 aromatic rings. The number of nitrogens with zero attached hydrogens (tertiary/aromatic N) is 5. The van der Waals surface area contributed by atoms with Crippen LogP contribution < -0.4 is 0 Å². The zero-order chi connectivity index (χ0) is 21.1. The van der Waals surface area contributed by atoms with E-state index in [0.29, 0.717) is 36.2 Å². The molecule has 1 aliphatic heterocycles. The minimum Gasteiger partial charge on any atom is -0.336 e. The van der Waals surface area contributed by atoms with E-state index in [1.54, 1.807) is 23.1 Å². The molecule has 4 rings (SSSR count). The molecule has 1 aliphatic rings. The van der Waals surface area contributed by atoms with Crippen LogP contribution in [-0.2, 0) is 0 Å². The number of hydrogen-bond donors (Lipinski definition) is 0. The predicted molar refractivity (Wildman–Crippen MR) is 112 cm³/mol. The van der Waals surface area contributed by atoms with E-state index >= 15 is 0 Å². The lowest BCUT2D eigenvalue weighted by atomic mass is 10.0. The van der Waals surface area contributed by atoms with Gasteiger partial charge < -0.3 is 4.90 Å². The fourth-order valence-electron chi connectivity index (χ4n) is 3.80. The third-order valence-electron chi connectivity index (χ3n) is 5.39. The Balaban J connectivity index is 1.50. The van der Waals surface area contributed by atoms with Crippen LogP contribution in [0.3, 0.4) is 0 Å². The molecule has 1 saturated heterocycles. The third kappa shape index (κ3) is 3.78. The van der Waals surface area contributed by atoms with Crippen molar-refractivity contribution in [3.63, 3.8) is 0 Å². The average Bonchev–Trinajstić information content (AvgIpc) is 2.80. The maximum absolute atomic E-state index is 13.1. The van der Waals surface area contributed by atoms with E-state index in [2.05, 4.69) is 16.0 Å². The number of fused-ring (bicyclic) bond motifs is 1. The van der Waals surface area contributed by atoms with Crippen molar-refractivity contribution in [1.29, 1.82) is 5.26 Å². The molecule has 1 fully saturated rings. The first kappa shape index (κ1) is 19.7. The van der Waals surface area contributed by atoms with Crippen LogP contribution in [0, 0.1) is 11.3 Å². The smallest absolute Gasteiger partial charge is 0.253 e. The highest BCUT2D eigenvalue weighted by atomic mass is 16.2. The van der Waals surface area contributed by atoms with Gasteiger partial charge in [-0.05, 0) is 31.2 Å². The fourth-order valence-corrected chi connectivity index (χ4v) is 3.80. The van der Waals surface area contributed by atoms with E-state index < -0.39 is 6.04 Å². The number of aromatic nitrogens is 2. The van der Waals surface area contributed by atoms with E-state index in [4.69, 9.17) is 0 Å². The van der Waals surface area contributed by atoms with E-state index in [1.165, 1.54) is 6.20 Å². The molecule has 30 heavy (non-hydrogen) atoms. The van der Waals surface area contributed by atoms with Crippen LogP contribution in [-0.4, -0.2) is 63.2 Å². The summed E-state index contributed by atoms with van der Waals surface area (Å²) in [5.74, 6) is -0.409. The number of ketones is 1. The second-order valence-electron chi connectivity index (χ2n) is 7.34. The first-order valence-corrected chi connectivity index (χ1v) is 9.84. The lowest BCUT2D eigenvalue weighted by Gasteiger charge is -2.41. The van der Waals surface area contributed by atoms with Gasteiger partial charge in [0, 0.05) is 31.2 Å². The Bertz CT molecular complexity index is 1130. The normalized spacial score (nSPS) is 18.0. The van der Waals surface area contributed by atoms with Gasteiger partial charge in [-0.3, -0.25) is 19.5 Å². The standard InChI is InChI=1S/C23H21N5O2/c1-16-15-27(23(30)17-7-3-2-4-8-17)11-12-28(16)21(13-24)22(29)20-14-25-18-9-5-6-10-19(18)26-20/h2-10,14,16,21H,11-12,15H2,1H3/t16-,21?/m1/s1. The molecule has 0 saturated carbocycles. The molecule has 0 N–H and O–H groups in total. The monoisotopic (exact) mass is 399 g/mol. The van der Waals surface area contributed by atoms with E-state index in [-0.39, 0.29) is 23.4 Å². The zero-order valence-electron chi connectivity index (χ0n) is 16.6. The summed E-state index contributed by atoms with van der Waals surface area (Å²) in [5, 5.41) is 9.75. The average molecular weight is 399 g/mol. The number of Topliss-reactive ketones (excluding diaryl/α,β-unsaturated/α-hetero) is 1. The van der Waals surface area contributed by atoms with Crippen molar-refractivity contribution < 1.29 is 9.59 Å². The first-order valence-electron chi connectivity index (χ1n) is 9.84. The largest absolute Gasteiger partial charge is 0.336 e. The zero-order valence-corrected chi connectivity index (χ0v) is 16.6. The minimum absolute atomic E-state index is 0.0395. The van der Waals surface area contributed by atoms with Gasteiger partial charge in [0.05, 0.1) is 23.3 Å². The molecule has 1 unspecified atom stereocenters. The highest BCUT2D eigenvalue weighted by Crippen LogP contribution is 2.18.